The molecule has 0 fully saturated rings. The van der Waals surface area contributed by atoms with Gasteiger partial charge >= 0.3 is 5.97 Å². The van der Waals surface area contributed by atoms with E-state index < -0.39 is 4.92 Å². The molecule has 6 nitrogen and oxygen atoms in total. The van der Waals surface area contributed by atoms with Gasteiger partial charge in [0.05, 0.1) is 12.0 Å². The maximum Gasteiger partial charge on any atom is 0.325 e. The van der Waals surface area contributed by atoms with Gasteiger partial charge in [-0.05, 0) is 32.9 Å². The summed E-state index contributed by atoms with van der Waals surface area (Å²) < 4.78 is 4.66. The Morgan fingerprint density at radius 1 is 1.47 bits per heavy atom. The fourth-order valence-corrected chi connectivity index (χ4v) is 1.80. The van der Waals surface area contributed by atoms with E-state index >= 15 is 0 Å². The van der Waals surface area contributed by atoms with Crippen LogP contribution in [-0.4, -0.2) is 30.6 Å². The number of aryl methyl sites for hydroxylation is 1. The van der Waals surface area contributed by atoms with E-state index in [4.69, 9.17) is 0 Å². The zero-order valence-electron chi connectivity index (χ0n) is 11.5. The van der Waals surface area contributed by atoms with Crippen LogP contribution in [0.3, 0.4) is 0 Å². The third kappa shape index (κ3) is 3.67. The molecule has 0 heterocycles. The highest BCUT2D eigenvalue weighted by atomic mass is 16.6. The second-order valence-corrected chi connectivity index (χ2v) is 4.53. The van der Waals surface area contributed by atoms with E-state index in [-0.39, 0.29) is 24.2 Å². The summed E-state index contributed by atoms with van der Waals surface area (Å²) in [7, 11) is 1.34. The fourth-order valence-electron chi connectivity index (χ4n) is 1.80. The Balaban J connectivity index is 3.07. The number of esters is 1. The number of rotatable bonds is 5. The molecule has 1 aromatic rings. The van der Waals surface area contributed by atoms with Gasteiger partial charge in [-0.1, -0.05) is 0 Å². The first-order valence-electron chi connectivity index (χ1n) is 5.95. The highest BCUT2D eigenvalue weighted by molar-refractivity contribution is 5.76. The summed E-state index contributed by atoms with van der Waals surface area (Å²) in [6.07, 6.45) is 0. The molecule has 6 heteroatoms. The molecule has 0 bridgehead atoms. The minimum absolute atomic E-state index is 0.0746. The number of hydrogen-bond donors (Lipinski definition) is 0. The van der Waals surface area contributed by atoms with Gasteiger partial charge in [0.25, 0.3) is 5.69 Å². The van der Waals surface area contributed by atoms with Gasteiger partial charge in [-0.3, -0.25) is 14.9 Å². The normalized spacial score (nSPS) is 10.4. The summed E-state index contributed by atoms with van der Waals surface area (Å²) in [5.41, 5.74) is 1.41. The van der Waals surface area contributed by atoms with E-state index in [1.165, 1.54) is 13.2 Å². The van der Waals surface area contributed by atoms with Crippen molar-refractivity contribution in [2.24, 2.45) is 0 Å². The smallest absolute Gasteiger partial charge is 0.325 e. The monoisotopic (exact) mass is 266 g/mol. The van der Waals surface area contributed by atoms with Crippen LogP contribution in [0.2, 0.25) is 0 Å². The van der Waals surface area contributed by atoms with Gasteiger partial charge in [0.2, 0.25) is 0 Å². The quantitative estimate of drug-likeness (QED) is 0.464. The van der Waals surface area contributed by atoms with Crippen molar-refractivity contribution < 1.29 is 14.5 Å². The van der Waals surface area contributed by atoms with Crippen molar-refractivity contribution >= 4 is 17.3 Å². The summed E-state index contributed by atoms with van der Waals surface area (Å²) in [4.78, 5) is 23.6. The Bertz CT molecular complexity index is 486. The van der Waals surface area contributed by atoms with Gasteiger partial charge in [0.15, 0.2) is 0 Å². The lowest BCUT2D eigenvalue weighted by Crippen LogP contribution is -2.36. The number of hydrogen-bond acceptors (Lipinski definition) is 5. The maximum absolute atomic E-state index is 11.4. The average molecular weight is 266 g/mol. The van der Waals surface area contributed by atoms with Gasteiger partial charge in [-0.2, -0.15) is 0 Å². The third-order valence-corrected chi connectivity index (χ3v) is 2.86. The molecule has 0 unspecified atom stereocenters. The number of nitro groups is 1. The van der Waals surface area contributed by atoms with Crippen LogP contribution >= 0.6 is 0 Å². The average Bonchev–Trinajstić information content (AvgIpc) is 2.34. The van der Waals surface area contributed by atoms with E-state index in [0.29, 0.717) is 5.56 Å². The van der Waals surface area contributed by atoms with Crippen LogP contribution in [0.4, 0.5) is 11.4 Å². The van der Waals surface area contributed by atoms with Crippen molar-refractivity contribution in [3.8, 4) is 0 Å². The lowest BCUT2D eigenvalue weighted by atomic mass is 10.1. The summed E-state index contributed by atoms with van der Waals surface area (Å²) in [5, 5.41) is 10.8. The minimum Gasteiger partial charge on any atom is -0.468 e. The van der Waals surface area contributed by atoms with Gasteiger partial charge in [-0.25, -0.2) is 0 Å². The lowest BCUT2D eigenvalue weighted by molar-refractivity contribution is -0.385. The highest BCUT2D eigenvalue weighted by Crippen LogP contribution is 2.25. The molecule has 1 rings (SSSR count). The number of methoxy groups -OCH3 is 1. The van der Waals surface area contributed by atoms with Crippen molar-refractivity contribution in [2.75, 3.05) is 18.6 Å². The molecule has 19 heavy (non-hydrogen) atoms. The van der Waals surface area contributed by atoms with Crippen molar-refractivity contribution in [3.05, 3.63) is 33.9 Å². The molecule has 0 atom stereocenters. The molecule has 0 saturated heterocycles. The number of benzene rings is 1. The first-order valence-corrected chi connectivity index (χ1v) is 5.95. The summed E-state index contributed by atoms with van der Waals surface area (Å²) in [6.45, 7) is 5.68. The highest BCUT2D eigenvalue weighted by Gasteiger charge is 2.18. The zero-order chi connectivity index (χ0) is 14.6. The standard InChI is InChI=1S/C13H18N2O4/c1-9(2)14(8-13(16)19-4)11-5-6-12(15(17)18)10(3)7-11/h5-7,9H,8H2,1-4H3. The molecule has 0 radical (unpaired) electrons. The molecule has 0 aliphatic carbocycles. The zero-order valence-corrected chi connectivity index (χ0v) is 11.5. The molecule has 0 saturated carbocycles. The second kappa shape index (κ2) is 6.17. The van der Waals surface area contributed by atoms with E-state index in [9.17, 15) is 14.9 Å². The van der Waals surface area contributed by atoms with E-state index in [1.807, 2.05) is 18.7 Å². The van der Waals surface area contributed by atoms with Crippen LogP contribution in [0, 0.1) is 17.0 Å². The predicted octanol–water partition coefficient (Wildman–Crippen LogP) is 2.29. The summed E-state index contributed by atoms with van der Waals surface area (Å²) in [6, 6.07) is 4.90. The number of carbonyl (C=O) groups excluding carboxylic acids is 1. The number of nitrogens with zero attached hydrogens (tertiary/aromatic N) is 2. The molecule has 0 spiro atoms. The molecule has 0 N–H and O–H groups in total. The first-order chi connectivity index (χ1) is 8.86. The van der Waals surface area contributed by atoms with Crippen molar-refractivity contribution in [1.29, 1.82) is 0 Å². The van der Waals surface area contributed by atoms with Crippen LogP contribution in [0.1, 0.15) is 19.4 Å². The van der Waals surface area contributed by atoms with Crippen molar-refractivity contribution in [2.45, 2.75) is 26.8 Å². The fraction of sp³-hybridized carbons (Fsp3) is 0.462. The maximum atomic E-state index is 11.4. The number of ether oxygens (including phenoxy) is 1. The molecular formula is C13H18N2O4. The van der Waals surface area contributed by atoms with Crippen LogP contribution in [-0.2, 0) is 9.53 Å². The van der Waals surface area contributed by atoms with E-state index in [0.717, 1.165) is 5.69 Å². The molecular weight excluding hydrogens is 248 g/mol. The molecule has 1 aromatic carbocycles. The predicted molar refractivity (Wildman–Crippen MR) is 72.3 cm³/mol. The summed E-state index contributed by atoms with van der Waals surface area (Å²) in [5.74, 6) is -0.343. The Morgan fingerprint density at radius 2 is 2.11 bits per heavy atom. The Labute approximate surface area is 112 Å². The number of nitro benzene ring substituents is 1. The third-order valence-electron chi connectivity index (χ3n) is 2.86. The van der Waals surface area contributed by atoms with Gasteiger partial charge < -0.3 is 9.64 Å². The SMILES string of the molecule is COC(=O)CN(c1ccc([N+](=O)[O-])c(C)c1)C(C)C. The number of carbonyl (C=O) groups is 1. The molecule has 0 aliphatic rings. The topological polar surface area (TPSA) is 72.7 Å². The minimum atomic E-state index is -0.418. The summed E-state index contributed by atoms with van der Waals surface area (Å²) >= 11 is 0. The molecule has 104 valence electrons. The van der Waals surface area contributed by atoms with Gasteiger partial charge in [0.1, 0.15) is 6.54 Å². The van der Waals surface area contributed by atoms with Crippen molar-refractivity contribution in [1.82, 2.24) is 0 Å². The second-order valence-electron chi connectivity index (χ2n) is 4.53. The van der Waals surface area contributed by atoms with E-state index in [1.54, 1.807) is 19.1 Å². The van der Waals surface area contributed by atoms with Gasteiger partial charge in [-0.15, -0.1) is 0 Å². The van der Waals surface area contributed by atoms with Crippen LogP contribution in [0.15, 0.2) is 18.2 Å². The molecule has 0 amide bonds. The Morgan fingerprint density at radius 3 is 2.53 bits per heavy atom. The first kappa shape index (κ1) is 14.9. The van der Waals surface area contributed by atoms with Crippen LogP contribution in [0.25, 0.3) is 0 Å². The Hall–Kier alpha value is -2.11. The van der Waals surface area contributed by atoms with Crippen molar-refractivity contribution in [3.63, 3.8) is 0 Å². The molecule has 0 aromatic heterocycles. The van der Waals surface area contributed by atoms with Crippen LogP contribution < -0.4 is 4.90 Å². The Kier molecular flexibility index (Phi) is 4.86. The lowest BCUT2D eigenvalue weighted by Gasteiger charge is -2.27. The number of anilines is 1. The van der Waals surface area contributed by atoms with Crippen LogP contribution in [0.5, 0.6) is 0 Å². The largest absolute Gasteiger partial charge is 0.468 e. The van der Waals surface area contributed by atoms with Gasteiger partial charge in [0, 0.05) is 23.4 Å². The molecule has 0 aliphatic heterocycles. The van der Waals surface area contributed by atoms with E-state index in [2.05, 4.69) is 4.74 Å².